The zero-order chi connectivity index (χ0) is 17.8. The van der Waals surface area contributed by atoms with E-state index in [9.17, 15) is 4.79 Å². The minimum Gasteiger partial charge on any atom is -0.372 e. The van der Waals surface area contributed by atoms with Crippen LogP contribution in [0, 0.1) is 17.8 Å². The zero-order valence-electron chi connectivity index (χ0n) is 15.4. The van der Waals surface area contributed by atoms with E-state index in [1.807, 2.05) is 11.8 Å². The third-order valence-electron chi connectivity index (χ3n) is 6.85. The molecule has 0 radical (unpaired) electrons. The third-order valence-corrected chi connectivity index (χ3v) is 9.47. The molecule has 2 bridgehead atoms. The largest absolute Gasteiger partial charge is 0.372 e. The molecule has 138 valence electrons. The van der Waals surface area contributed by atoms with Gasteiger partial charge >= 0.3 is 4.87 Å². The lowest BCUT2D eigenvalue weighted by Gasteiger charge is -2.40. The smallest absolute Gasteiger partial charge is 0.305 e. The topological polar surface area (TPSA) is 36.1 Å². The van der Waals surface area contributed by atoms with Crippen molar-refractivity contribution in [2.75, 3.05) is 18.0 Å². The van der Waals surface area contributed by atoms with Crippen molar-refractivity contribution in [2.24, 2.45) is 17.8 Å². The van der Waals surface area contributed by atoms with Crippen LogP contribution in [0.25, 0.3) is 0 Å². The lowest BCUT2D eigenvalue weighted by Crippen LogP contribution is -2.33. The first kappa shape index (κ1) is 16.9. The summed E-state index contributed by atoms with van der Waals surface area (Å²) in [7, 11) is 0. The molecule has 2 heterocycles. The molecule has 3 nitrogen and oxygen atoms in total. The summed E-state index contributed by atoms with van der Waals surface area (Å²) in [5.41, 5.74) is 2.70. The standard InChI is InChI=1S/C21H26N2OS2/c1-3-23(4-2)15-9-7-12(8-10-15)16-17-13-5-6-14(11-13)18(17)25-20-19(16)26-21(24)22-20/h7-10,13-14,16-18H,3-6,11H2,1-2H3,(H,22,24)/t13-,14+,16+,17+,18+/m0/s1. The van der Waals surface area contributed by atoms with Crippen LogP contribution >= 0.6 is 23.1 Å². The summed E-state index contributed by atoms with van der Waals surface area (Å²) >= 11 is 3.42. The summed E-state index contributed by atoms with van der Waals surface area (Å²) in [5.74, 6) is 2.80. The van der Waals surface area contributed by atoms with Crippen molar-refractivity contribution in [3.05, 3.63) is 44.4 Å². The molecule has 1 aromatic carbocycles. The van der Waals surface area contributed by atoms with Gasteiger partial charge in [0.25, 0.3) is 0 Å². The molecular formula is C21H26N2OS2. The number of thiazole rings is 1. The monoisotopic (exact) mass is 386 g/mol. The molecule has 0 spiro atoms. The average Bonchev–Trinajstić information content (AvgIpc) is 3.35. The highest BCUT2D eigenvalue weighted by atomic mass is 32.2. The molecule has 2 aliphatic carbocycles. The predicted molar refractivity (Wildman–Crippen MR) is 111 cm³/mol. The van der Waals surface area contributed by atoms with Crippen LogP contribution in [-0.2, 0) is 0 Å². The first-order valence-electron chi connectivity index (χ1n) is 9.94. The Balaban J connectivity index is 1.56. The van der Waals surface area contributed by atoms with Crippen molar-refractivity contribution in [3.63, 3.8) is 0 Å². The van der Waals surface area contributed by atoms with Gasteiger partial charge in [0.15, 0.2) is 0 Å². The van der Waals surface area contributed by atoms with Crippen LogP contribution in [0.1, 0.15) is 49.5 Å². The van der Waals surface area contributed by atoms with E-state index in [1.54, 1.807) is 0 Å². The number of anilines is 1. The van der Waals surface area contributed by atoms with Gasteiger partial charge in [0.2, 0.25) is 0 Å². The SMILES string of the molecule is CCN(CC)c1ccc([C@H]2c3sc(=O)[nH]c3S[C@@H]3[C@@H]4CC[C@@H](C4)[C@H]23)cc1. The maximum atomic E-state index is 12.1. The number of thioether (sulfide) groups is 1. The summed E-state index contributed by atoms with van der Waals surface area (Å²) in [5, 5.41) is 1.85. The van der Waals surface area contributed by atoms with Crippen LogP contribution in [0.4, 0.5) is 5.69 Å². The van der Waals surface area contributed by atoms with Crippen LogP contribution in [0.15, 0.2) is 34.1 Å². The molecule has 0 saturated heterocycles. The second-order valence-corrected chi connectivity index (χ2v) is 10.1. The van der Waals surface area contributed by atoms with Crippen molar-refractivity contribution in [2.45, 2.75) is 49.3 Å². The van der Waals surface area contributed by atoms with Crippen molar-refractivity contribution >= 4 is 28.8 Å². The summed E-state index contributed by atoms with van der Waals surface area (Å²) in [4.78, 5) is 19.0. The first-order chi connectivity index (χ1) is 12.7. The van der Waals surface area contributed by atoms with Crippen molar-refractivity contribution in [1.29, 1.82) is 0 Å². The Kier molecular flexibility index (Phi) is 4.20. The van der Waals surface area contributed by atoms with E-state index in [-0.39, 0.29) is 4.87 Å². The summed E-state index contributed by atoms with van der Waals surface area (Å²) in [6, 6.07) is 9.21. The fourth-order valence-corrected chi connectivity index (χ4v) is 8.60. The van der Waals surface area contributed by atoms with Gasteiger partial charge in [-0.1, -0.05) is 23.5 Å². The van der Waals surface area contributed by atoms with Gasteiger partial charge in [-0.05, 0) is 68.6 Å². The number of rotatable bonds is 4. The number of aromatic nitrogens is 1. The van der Waals surface area contributed by atoms with E-state index in [0.29, 0.717) is 17.1 Å². The van der Waals surface area contributed by atoms with Crippen molar-refractivity contribution in [3.8, 4) is 0 Å². The Hall–Kier alpha value is -1.20. The third kappa shape index (κ3) is 2.50. The number of fused-ring (bicyclic) bond motifs is 6. The fraction of sp³-hybridized carbons (Fsp3) is 0.571. The molecule has 2 aromatic rings. The van der Waals surface area contributed by atoms with Gasteiger partial charge in [0, 0.05) is 34.8 Å². The molecule has 5 atom stereocenters. The molecular weight excluding hydrogens is 360 g/mol. The summed E-state index contributed by atoms with van der Waals surface area (Å²) < 4.78 is 0. The van der Waals surface area contributed by atoms with Gasteiger partial charge < -0.3 is 9.88 Å². The number of aromatic amines is 1. The van der Waals surface area contributed by atoms with E-state index < -0.39 is 0 Å². The first-order valence-corrected chi connectivity index (χ1v) is 11.6. The van der Waals surface area contributed by atoms with E-state index in [1.165, 1.54) is 46.7 Å². The van der Waals surface area contributed by atoms with Crippen molar-refractivity contribution < 1.29 is 0 Å². The van der Waals surface area contributed by atoms with E-state index in [4.69, 9.17) is 0 Å². The minimum atomic E-state index is 0.111. The number of H-pyrrole nitrogens is 1. The van der Waals surface area contributed by atoms with E-state index in [2.05, 4.69) is 48.0 Å². The molecule has 5 rings (SSSR count). The normalized spacial score (nSPS) is 31.7. The van der Waals surface area contributed by atoms with Gasteiger partial charge in [-0.15, -0.1) is 11.8 Å². The Morgan fingerprint density at radius 3 is 2.58 bits per heavy atom. The van der Waals surface area contributed by atoms with Gasteiger partial charge in [-0.2, -0.15) is 0 Å². The number of nitrogens with zero attached hydrogens (tertiary/aromatic N) is 1. The molecule has 1 N–H and O–H groups in total. The lowest BCUT2D eigenvalue weighted by molar-refractivity contribution is 0.307. The Morgan fingerprint density at radius 2 is 1.85 bits per heavy atom. The molecule has 0 amide bonds. The highest BCUT2D eigenvalue weighted by Crippen LogP contribution is 2.63. The van der Waals surface area contributed by atoms with Crippen molar-refractivity contribution in [1.82, 2.24) is 4.98 Å². The average molecular weight is 387 g/mol. The molecule has 0 unspecified atom stereocenters. The van der Waals surface area contributed by atoms with Crippen LogP contribution in [-0.4, -0.2) is 23.3 Å². The fourth-order valence-electron chi connectivity index (χ4n) is 5.70. The number of benzene rings is 1. The molecule has 2 saturated carbocycles. The molecule has 5 heteroatoms. The van der Waals surface area contributed by atoms with Crippen LogP contribution < -0.4 is 9.77 Å². The second-order valence-electron chi connectivity index (χ2n) is 7.94. The second kappa shape index (κ2) is 6.45. The predicted octanol–water partition coefficient (Wildman–Crippen LogP) is 4.93. The lowest BCUT2D eigenvalue weighted by atomic mass is 9.75. The van der Waals surface area contributed by atoms with Crippen LogP contribution in [0.5, 0.6) is 0 Å². The van der Waals surface area contributed by atoms with E-state index in [0.717, 1.165) is 30.0 Å². The number of hydrogen-bond acceptors (Lipinski definition) is 4. The molecule has 1 aromatic heterocycles. The Labute approximate surface area is 163 Å². The minimum absolute atomic E-state index is 0.111. The molecule has 2 fully saturated rings. The number of hydrogen-bond donors (Lipinski definition) is 1. The molecule has 26 heavy (non-hydrogen) atoms. The van der Waals surface area contributed by atoms with Crippen LogP contribution in [0.3, 0.4) is 0 Å². The Bertz CT molecular complexity index is 852. The maximum absolute atomic E-state index is 12.1. The molecule has 1 aliphatic heterocycles. The quantitative estimate of drug-likeness (QED) is 0.809. The zero-order valence-corrected chi connectivity index (χ0v) is 17.0. The maximum Gasteiger partial charge on any atom is 0.305 e. The highest BCUT2D eigenvalue weighted by Gasteiger charge is 2.54. The Morgan fingerprint density at radius 1 is 1.12 bits per heavy atom. The molecule has 3 aliphatic rings. The van der Waals surface area contributed by atoms with E-state index >= 15 is 0 Å². The summed E-state index contributed by atoms with van der Waals surface area (Å²) in [6.07, 6.45) is 4.17. The summed E-state index contributed by atoms with van der Waals surface area (Å²) in [6.45, 7) is 6.49. The van der Waals surface area contributed by atoms with Gasteiger partial charge in [0.1, 0.15) is 0 Å². The highest BCUT2D eigenvalue weighted by molar-refractivity contribution is 8.00. The van der Waals surface area contributed by atoms with Gasteiger partial charge in [-0.3, -0.25) is 4.79 Å². The van der Waals surface area contributed by atoms with Gasteiger partial charge in [-0.25, -0.2) is 0 Å². The van der Waals surface area contributed by atoms with Crippen LogP contribution in [0.2, 0.25) is 0 Å². The number of nitrogens with one attached hydrogen (secondary N) is 1. The van der Waals surface area contributed by atoms with Gasteiger partial charge in [0.05, 0.1) is 5.03 Å².